The number of benzene rings is 1. The van der Waals surface area contributed by atoms with E-state index in [1.165, 1.54) is 7.11 Å². The third-order valence-corrected chi connectivity index (χ3v) is 13.9. The number of imide groups is 1. The maximum absolute atomic E-state index is 14.9. The predicted octanol–water partition coefficient (Wildman–Crippen LogP) is 5.44. The van der Waals surface area contributed by atoms with E-state index in [-0.39, 0.29) is 50.4 Å². The van der Waals surface area contributed by atoms with Gasteiger partial charge >= 0.3 is 24.2 Å². The Morgan fingerprint density at radius 1 is 1.05 bits per heavy atom. The molecule has 16 nitrogen and oxygen atoms in total. The first-order valence-corrected chi connectivity index (χ1v) is 22.1. The van der Waals surface area contributed by atoms with Crippen molar-refractivity contribution in [3.8, 4) is 0 Å². The van der Waals surface area contributed by atoms with Crippen LogP contribution < -0.4 is 5.32 Å². The van der Waals surface area contributed by atoms with Crippen molar-refractivity contribution < 1.29 is 57.5 Å². The molecule has 0 spiro atoms. The normalized spacial score (nSPS) is 37.8. The molecule has 17 heteroatoms. The quantitative estimate of drug-likeness (QED) is 0.224. The van der Waals surface area contributed by atoms with Gasteiger partial charge in [0, 0.05) is 49.0 Å². The highest BCUT2D eigenvalue weighted by Crippen LogP contribution is 2.44. The molecule has 0 aromatic heterocycles. The van der Waals surface area contributed by atoms with E-state index >= 15 is 0 Å². The zero-order valence-corrected chi connectivity index (χ0v) is 38.3. The molecule has 1 aromatic rings. The van der Waals surface area contributed by atoms with Crippen LogP contribution in [0.25, 0.3) is 0 Å². The van der Waals surface area contributed by atoms with Crippen molar-refractivity contribution >= 4 is 41.6 Å². The lowest BCUT2D eigenvalue weighted by atomic mass is 9.73. The van der Waals surface area contributed by atoms with Gasteiger partial charge in [-0.25, -0.2) is 19.3 Å². The molecule has 4 amide bonds. The van der Waals surface area contributed by atoms with Crippen molar-refractivity contribution in [3.05, 3.63) is 34.9 Å². The van der Waals surface area contributed by atoms with Crippen molar-refractivity contribution in [1.29, 1.82) is 0 Å². The highest BCUT2D eigenvalue weighted by molar-refractivity contribution is 6.30. The van der Waals surface area contributed by atoms with Crippen LogP contribution in [0.3, 0.4) is 0 Å². The van der Waals surface area contributed by atoms with Crippen molar-refractivity contribution in [1.82, 2.24) is 20.0 Å². The number of Topliss-reactive ketones (excluding diaryl/α,β-unsaturated/α-hetero) is 1. The summed E-state index contributed by atoms with van der Waals surface area (Å²) in [6.45, 7) is 17.1. The Labute approximate surface area is 365 Å². The molecule has 61 heavy (non-hydrogen) atoms. The van der Waals surface area contributed by atoms with Gasteiger partial charge in [-0.1, -0.05) is 58.4 Å². The fourth-order valence-corrected chi connectivity index (χ4v) is 10.1. The zero-order valence-electron chi connectivity index (χ0n) is 37.6. The average molecular weight is 879 g/mol. The number of hydrogen-bond donors (Lipinski definition) is 2. The van der Waals surface area contributed by atoms with Crippen LogP contribution in [0.15, 0.2) is 24.3 Å². The lowest BCUT2D eigenvalue weighted by Crippen LogP contribution is -2.61. The van der Waals surface area contributed by atoms with Crippen LogP contribution in [0.2, 0.25) is 5.02 Å². The van der Waals surface area contributed by atoms with Gasteiger partial charge in [-0.3, -0.25) is 14.5 Å². The first kappa shape index (κ1) is 48.5. The van der Waals surface area contributed by atoms with Crippen LogP contribution in [0.1, 0.15) is 87.1 Å². The number of carbonyl (C=O) groups excluding carboxylic acids is 5. The Bertz CT molecular complexity index is 1740. The minimum Gasteiger partial charge on any atom is -0.458 e. The standard InChI is InChI=1S/C44H67ClN4O12/c1-12-32-44(9)36(48(42(55)61-44)20-18-29-14-16-30(45)17-15-29)26(5)33(50)24(3)23-43(8,56-11)37(60-39-34(51)31(47(10)13-2)22-25(4)57-39)27(6)35(28(7)38(52)58-32)59-41(54)49-21-19-46-40(49)53/h14-17,24-28,31-32,34-37,39,51H,12-13,18-23H2,1-11H3,(H,46,53)/t24-,25-,26-,27+,28-,31+,32-,34-,35+,36-,37-,39+,43+,44-/m1/s1. The Morgan fingerprint density at radius 2 is 1.72 bits per heavy atom. The Hall–Kier alpha value is -3.54. The first-order valence-electron chi connectivity index (χ1n) is 21.7. The molecular weight excluding hydrogens is 812 g/mol. The summed E-state index contributed by atoms with van der Waals surface area (Å²) >= 11 is 6.14. The predicted molar refractivity (Wildman–Crippen MR) is 225 cm³/mol. The third-order valence-electron chi connectivity index (χ3n) is 13.6. The third kappa shape index (κ3) is 10.1. The van der Waals surface area contributed by atoms with E-state index in [0.717, 1.165) is 10.5 Å². The molecule has 0 saturated carbocycles. The van der Waals surface area contributed by atoms with Crippen molar-refractivity contribution in [3.63, 3.8) is 0 Å². The molecule has 0 aliphatic carbocycles. The van der Waals surface area contributed by atoms with E-state index in [2.05, 4.69) is 5.32 Å². The first-order chi connectivity index (χ1) is 28.7. The Balaban J connectivity index is 1.61. The maximum Gasteiger partial charge on any atom is 0.418 e. The van der Waals surface area contributed by atoms with Gasteiger partial charge in [0.15, 0.2) is 11.9 Å². The fraction of sp³-hybridized carbons (Fsp3) is 0.750. The lowest BCUT2D eigenvalue weighted by Gasteiger charge is -2.48. The summed E-state index contributed by atoms with van der Waals surface area (Å²) in [5, 5.41) is 15.0. The number of likely N-dealkylation sites (N-methyl/N-ethyl adjacent to an activating group) is 1. The number of rotatable bonds is 10. The van der Waals surface area contributed by atoms with Gasteiger partial charge in [0.25, 0.3) is 0 Å². The van der Waals surface area contributed by atoms with Gasteiger partial charge in [-0.05, 0) is 84.7 Å². The van der Waals surface area contributed by atoms with Gasteiger partial charge in [0.05, 0.1) is 36.3 Å². The number of amides is 4. The van der Waals surface area contributed by atoms with Crippen LogP contribution >= 0.6 is 11.6 Å². The van der Waals surface area contributed by atoms with Gasteiger partial charge < -0.3 is 43.7 Å². The largest absolute Gasteiger partial charge is 0.458 e. The van der Waals surface area contributed by atoms with E-state index in [9.17, 15) is 29.1 Å². The number of cyclic esters (lactones) is 1. The highest BCUT2D eigenvalue weighted by Gasteiger charge is 2.60. The number of fused-ring (bicyclic) bond motifs is 1. The van der Waals surface area contributed by atoms with Crippen molar-refractivity contribution in [2.45, 2.75) is 148 Å². The molecule has 2 N–H and O–H groups in total. The molecule has 5 rings (SSSR count). The maximum atomic E-state index is 14.9. The van der Waals surface area contributed by atoms with Crippen LogP contribution in [-0.2, 0) is 44.4 Å². The molecule has 4 aliphatic heterocycles. The molecule has 4 fully saturated rings. The lowest BCUT2D eigenvalue weighted by molar-refractivity contribution is -0.301. The molecule has 0 radical (unpaired) electrons. The van der Waals surface area contributed by atoms with E-state index in [1.807, 2.05) is 37.9 Å². The van der Waals surface area contributed by atoms with E-state index < -0.39 is 95.8 Å². The number of nitrogens with zero attached hydrogens (tertiary/aromatic N) is 3. The minimum absolute atomic E-state index is 0.0506. The molecule has 4 heterocycles. The fourth-order valence-electron chi connectivity index (χ4n) is 9.94. The van der Waals surface area contributed by atoms with Crippen LogP contribution in [0.5, 0.6) is 0 Å². The summed E-state index contributed by atoms with van der Waals surface area (Å²) < 4.78 is 38.1. The number of esters is 1. The second kappa shape index (κ2) is 19.9. The van der Waals surface area contributed by atoms with Gasteiger partial charge in [-0.15, -0.1) is 0 Å². The van der Waals surface area contributed by atoms with E-state index in [1.54, 1.807) is 65.5 Å². The van der Waals surface area contributed by atoms with Gasteiger partial charge in [0.2, 0.25) is 0 Å². The Kier molecular flexibility index (Phi) is 15.8. The van der Waals surface area contributed by atoms with Crippen molar-refractivity contribution in [2.24, 2.45) is 23.7 Å². The summed E-state index contributed by atoms with van der Waals surface area (Å²) in [5.74, 6) is -4.56. The molecule has 14 atom stereocenters. The molecule has 0 bridgehead atoms. The molecule has 342 valence electrons. The molecule has 0 unspecified atom stereocenters. The zero-order chi connectivity index (χ0) is 45.1. The van der Waals surface area contributed by atoms with Crippen molar-refractivity contribution in [2.75, 3.05) is 40.3 Å². The number of hydrogen-bond acceptors (Lipinski definition) is 13. The van der Waals surface area contributed by atoms with Crippen LogP contribution in [0, 0.1) is 23.7 Å². The number of aliphatic hydroxyl groups is 1. The number of nitrogens with one attached hydrogen (secondary N) is 1. The van der Waals surface area contributed by atoms with E-state index in [0.29, 0.717) is 24.4 Å². The number of ketones is 1. The summed E-state index contributed by atoms with van der Waals surface area (Å²) in [6, 6.07) is 5.46. The summed E-state index contributed by atoms with van der Waals surface area (Å²) in [5.41, 5.74) is -1.91. The number of aliphatic hydroxyl groups excluding tert-OH is 1. The molecular formula is C44H67ClN4O12. The molecule has 4 saturated heterocycles. The topological polar surface area (TPSA) is 183 Å². The summed E-state index contributed by atoms with van der Waals surface area (Å²) in [4.78, 5) is 74.4. The number of halogens is 1. The SMILES string of the molecule is CC[C@H]1OC(=O)[C@H](C)[C@@H](OC(=O)N2CCNC2=O)[C@H](C)[C@@H](O[C@@H]2O[C@H](C)C[C@H](N(C)CC)[C@H]2O)[C@@](C)(OC)C[C@@H](C)C(=O)[C@@H](C)[C@H]2N(CCc3ccc(Cl)cc3)C(=O)O[C@]12C. The summed E-state index contributed by atoms with van der Waals surface area (Å²) in [6.07, 6.45) is -6.40. The summed E-state index contributed by atoms with van der Waals surface area (Å²) in [7, 11) is 3.40. The van der Waals surface area contributed by atoms with Gasteiger partial charge in [0.1, 0.15) is 24.1 Å². The smallest absolute Gasteiger partial charge is 0.418 e. The second-order valence-corrected chi connectivity index (χ2v) is 18.3. The van der Waals surface area contributed by atoms with E-state index in [4.69, 9.17) is 40.0 Å². The second-order valence-electron chi connectivity index (χ2n) is 17.8. The average Bonchev–Trinajstić information content (AvgIpc) is 3.78. The monoisotopic (exact) mass is 878 g/mol. The number of carbonyl (C=O) groups is 5. The highest BCUT2D eigenvalue weighted by atomic mass is 35.5. The van der Waals surface area contributed by atoms with Crippen LogP contribution in [0.4, 0.5) is 14.4 Å². The number of ether oxygens (including phenoxy) is 6. The minimum atomic E-state index is -1.48. The van der Waals surface area contributed by atoms with Crippen LogP contribution in [-0.4, -0.2) is 150 Å². The van der Waals surface area contributed by atoms with Gasteiger partial charge in [-0.2, -0.15) is 0 Å². The number of urea groups is 1. The molecule has 4 aliphatic rings. The molecule has 1 aromatic carbocycles. The number of methoxy groups -OCH3 is 1. The Morgan fingerprint density at radius 3 is 2.31 bits per heavy atom.